The fraction of sp³-hybridized carbons (Fsp3) is 0.118. The summed E-state index contributed by atoms with van der Waals surface area (Å²) in [6.07, 6.45) is 1.46. The number of benzene rings is 1. The maximum Gasteiger partial charge on any atom is 0.342 e. The Kier molecular flexibility index (Phi) is 4.22. The van der Waals surface area contributed by atoms with Crippen molar-refractivity contribution in [2.45, 2.75) is 13.5 Å². The number of esters is 1. The monoisotopic (exact) mass is 344 g/mol. The molecule has 0 amide bonds. The van der Waals surface area contributed by atoms with Gasteiger partial charge in [0.1, 0.15) is 23.6 Å². The first-order valence-electron chi connectivity index (χ1n) is 7.08. The van der Waals surface area contributed by atoms with Crippen molar-refractivity contribution >= 4 is 23.2 Å². The molecule has 24 heavy (non-hydrogen) atoms. The normalized spacial score (nSPS) is 10.8. The topological polar surface area (TPSA) is 80.9 Å². The molecular formula is C17H13ClN2O4. The van der Waals surface area contributed by atoms with E-state index in [1.165, 1.54) is 28.8 Å². The molecule has 3 aromatic rings. The Hall–Kier alpha value is -2.86. The van der Waals surface area contributed by atoms with Crippen LogP contribution in [0, 0.1) is 6.92 Å². The van der Waals surface area contributed by atoms with Crippen molar-refractivity contribution in [1.82, 2.24) is 9.38 Å². The highest BCUT2D eigenvalue weighted by Crippen LogP contribution is 2.19. The molecule has 0 saturated heterocycles. The van der Waals surface area contributed by atoms with Gasteiger partial charge >= 0.3 is 5.97 Å². The lowest BCUT2D eigenvalue weighted by Crippen LogP contribution is -2.16. The molecular weight excluding hydrogens is 332 g/mol. The molecule has 7 heteroatoms. The summed E-state index contributed by atoms with van der Waals surface area (Å²) < 4.78 is 6.43. The van der Waals surface area contributed by atoms with E-state index in [1.54, 1.807) is 25.1 Å². The third-order valence-corrected chi connectivity index (χ3v) is 3.62. The molecule has 0 saturated carbocycles. The molecule has 0 unspecified atom stereocenters. The van der Waals surface area contributed by atoms with Crippen molar-refractivity contribution in [2.24, 2.45) is 0 Å². The number of aromatic hydroxyl groups is 1. The van der Waals surface area contributed by atoms with Crippen molar-refractivity contribution in [3.05, 3.63) is 74.8 Å². The summed E-state index contributed by atoms with van der Waals surface area (Å²) in [5, 5.41) is 10.2. The number of carbonyl (C=O) groups excluding carboxylic acids is 1. The summed E-state index contributed by atoms with van der Waals surface area (Å²) in [6, 6.07) is 9.13. The summed E-state index contributed by atoms with van der Waals surface area (Å²) >= 11 is 5.85. The van der Waals surface area contributed by atoms with Gasteiger partial charge in [-0.25, -0.2) is 9.78 Å². The third-order valence-electron chi connectivity index (χ3n) is 3.40. The number of phenols is 1. The molecule has 0 aliphatic carbocycles. The first-order valence-corrected chi connectivity index (χ1v) is 7.46. The van der Waals surface area contributed by atoms with E-state index in [2.05, 4.69) is 4.98 Å². The van der Waals surface area contributed by atoms with Crippen LogP contribution in [0.25, 0.3) is 5.65 Å². The fourth-order valence-corrected chi connectivity index (χ4v) is 2.39. The van der Waals surface area contributed by atoms with Gasteiger partial charge in [0.05, 0.1) is 10.7 Å². The zero-order chi connectivity index (χ0) is 17.3. The minimum Gasteiger partial charge on any atom is -0.507 e. The lowest BCUT2D eigenvalue weighted by atomic mass is 10.1. The molecule has 0 bridgehead atoms. The van der Waals surface area contributed by atoms with Crippen LogP contribution in [0.5, 0.6) is 5.75 Å². The van der Waals surface area contributed by atoms with Crippen LogP contribution in [-0.4, -0.2) is 20.5 Å². The van der Waals surface area contributed by atoms with Gasteiger partial charge in [0.2, 0.25) is 0 Å². The van der Waals surface area contributed by atoms with E-state index in [0.717, 1.165) is 5.56 Å². The van der Waals surface area contributed by atoms with E-state index in [-0.39, 0.29) is 23.5 Å². The lowest BCUT2D eigenvalue weighted by Gasteiger charge is -2.07. The maximum atomic E-state index is 12.0. The Bertz CT molecular complexity index is 998. The Labute approximate surface area is 141 Å². The standard InChI is InChI=1S/C17H13ClN2O4/c1-10-2-4-13(14(21)6-10)17(23)24-9-12-7-16(22)20-8-11(18)3-5-15(20)19-12/h2-8,21H,9H2,1H3. The van der Waals surface area contributed by atoms with Crippen LogP contribution in [0.3, 0.4) is 0 Å². The first kappa shape index (κ1) is 16.0. The van der Waals surface area contributed by atoms with E-state index >= 15 is 0 Å². The average molecular weight is 345 g/mol. The Morgan fingerprint density at radius 3 is 2.83 bits per heavy atom. The van der Waals surface area contributed by atoms with Crippen LogP contribution in [0.1, 0.15) is 21.6 Å². The Morgan fingerprint density at radius 1 is 1.29 bits per heavy atom. The smallest absolute Gasteiger partial charge is 0.342 e. The average Bonchev–Trinajstić information content (AvgIpc) is 2.53. The SMILES string of the molecule is Cc1ccc(C(=O)OCc2cc(=O)n3cc(Cl)ccc3n2)c(O)c1. The highest BCUT2D eigenvalue weighted by Gasteiger charge is 2.13. The van der Waals surface area contributed by atoms with Gasteiger partial charge in [-0.3, -0.25) is 9.20 Å². The number of aryl methyl sites for hydroxylation is 1. The Balaban J connectivity index is 1.81. The molecule has 2 heterocycles. The lowest BCUT2D eigenvalue weighted by molar-refractivity contribution is 0.0464. The van der Waals surface area contributed by atoms with Gasteiger partial charge in [-0.15, -0.1) is 0 Å². The number of carbonyl (C=O) groups is 1. The number of phenolic OH excluding ortho intramolecular Hbond substituents is 1. The molecule has 1 N–H and O–H groups in total. The van der Waals surface area contributed by atoms with Crippen LogP contribution in [0.15, 0.2) is 47.4 Å². The van der Waals surface area contributed by atoms with Crippen molar-refractivity contribution in [3.8, 4) is 5.75 Å². The van der Waals surface area contributed by atoms with Crippen LogP contribution < -0.4 is 5.56 Å². The molecule has 0 fully saturated rings. The highest BCUT2D eigenvalue weighted by molar-refractivity contribution is 6.30. The summed E-state index contributed by atoms with van der Waals surface area (Å²) in [7, 11) is 0. The molecule has 0 atom stereocenters. The van der Waals surface area contributed by atoms with Crippen molar-refractivity contribution in [2.75, 3.05) is 0 Å². The molecule has 1 aromatic carbocycles. The van der Waals surface area contributed by atoms with Gasteiger partial charge in [-0.2, -0.15) is 0 Å². The number of rotatable bonds is 3. The van der Waals surface area contributed by atoms with Gasteiger partial charge < -0.3 is 9.84 Å². The quantitative estimate of drug-likeness (QED) is 0.739. The number of halogens is 1. The highest BCUT2D eigenvalue weighted by atomic mass is 35.5. The minimum atomic E-state index is -0.689. The molecule has 0 aliphatic rings. The van der Waals surface area contributed by atoms with Crippen LogP contribution in [-0.2, 0) is 11.3 Å². The number of nitrogens with zero attached hydrogens (tertiary/aromatic N) is 2. The predicted octanol–water partition coefficient (Wildman–Crippen LogP) is 2.72. The molecule has 2 aromatic heterocycles. The minimum absolute atomic E-state index is 0.0601. The molecule has 3 rings (SSSR count). The van der Waals surface area contributed by atoms with Crippen molar-refractivity contribution < 1.29 is 14.6 Å². The van der Waals surface area contributed by atoms with Crippen LogP contribution >= 0.6 is 11.6 Å². The summed E-state index contributed by atoms with van der Waals surface area (Å²) in [5.74, 6) is -0.841. The fourth-order valence-electron chi connectivity index (χ4n) is 2.23. The maximum absolute atomic E-state index is 12.0. The number of hydrogen-bond acceptors (Lipinski definition) is 5. The molecule has 0 radical (unpaired) electrons. The summed E-state index contributed by atoms with van der Waals surface area (Å²) in [4.78, 5) is 28.3. The summed E-state index contributed by atoms with van der Waals surface area (Å²) in [5.41, 5.74) is 1.27. The number of aromatic nitrogens is 2. The number of pyridine rings is 1. The van der Waals surface area contributed by atoms with Gasteiger partial charge in [-0.1, -0.05) is 17.7 Å². The largest absolute Gasteiger partial charge is 0.507 e. The predicted molar refractivity (Wildman–Crippen MR) is 88.4 cm³/mol. The van der Waals surface area contributed by atoms with Gasteiger partial charge in [-0.05, 0) is 36.8 Å². The van der Waals surface area contributed by atoms with E-state index in [0.29, 0.717) is 16.4 Å². The van der Waals surface area contributed by atoms with E-state index in [4.69, 9.17) is 16.3 Å². The van der Waals surface area contributed by atoms with E-state index in [1.807, 2.05) is 0 Å². The second kappa shape index (κ2) is 6.33. The zero-order valence-electron chi connectivity index (χ0n) is 12.7. The third kappa shape index (κ3) is 3.23. The molecule has 122 valence electrons. The summed E-state index contributed by atoms with van der Waals surface area (Å²) in [6.45, 7) is 1.62. The van der Waals surface area contributed by atoms with E-state index in [9.17, 15) is 14.7 Å². The first-order chi connectivity index (χ1) is 11.4. The van der Waals surface area contributed by atoms with Gasteiger partial charge in [0, 0.05) is 12.3 Å². The number of hydrogen-bond donors (Lipinski definition) is 1. The molecule has 0 spiro atoms. The second-order valence-electron chi connectivity index (χ2n) is 5.26. The zero-order valence-corrected chi connectivity index (χ0v) is 13.4. The van der Waals surface area contributed by atoms with Crippen LogP contribution in [0.2, 0.25) is 5.02 Å². The van der Waals surface area contributed by atoms with Crippen LogP contribution in [0.4, 0.5) is 0 Å². The van der Waals surface area contributed by atoms with Gasteiger partial charge in [0.25, 0.3) is 5.56 Å². The molecule has 0 aliphatic heterocycles. The van der Waals surface area contributed by atoms with Gasteiger partial charge in [0.15, 0.2) is 0 Å². The van der Waals surface area contributed by atoms with Crippen molar-refractivity contribution in [3.63, 3.8) is 0 Å². The van der Waals surface area contributed by atoms with E-state index < -0.39 is 5.97 Å². The number of ether oxygens (including phenoxy) is 1. The number of fused-ring (bicyclic) bond motifs is 1. The second-order valence-corrected chi connectivity index (χ2v) is 5.69. The Morgan fingerprint density at radius 2 is 2.08 bits per heavy atom. The molecule has 6 nitrogen and oxygen atoms in total. The van der Waals surface area contributed by atoms with Crippen molar-refractivity contribution in [1.29, 1.82) is 0 Å².